The summed E-state index contributed by atoms with van der Waals surface area (Å²) in [5.41, 5.74) is 0.852. The summed E-state index contributed by atoms with van der Waals surface area (Å²) >= 11 is 11.5. The Bertz CT molecular complexity index is 366. The second-order valence-corrected chi connectivity index (χ2v) is 3.96. The Morgan fingerprint density at radius 3 is 2.53 bits per heavy atom. The Labute approximate surface area is 97.2 Å². The van der Waals surface area contributed by atoms with Crippen molar-refractivity contribution < 1.29 is 15.0 Å². The van der Waals surface area contributed by atoms with Gasteiger partial charge in [0.25, 0.3) is 0 Å². The van der Waals surface area contributed by atoms with Crippen LogP contribution in [-0.4, -0.2) is 22.3 Å². The smallest absolute Gasteiger partial charge is 0.332 e. The van der Waals surface area contributed by atoms with Crippen molar-refractivity contribution >= 4 is 29.2 Å². The van der Waals surface area contributed by atoms with Crippen molar-refractivity contribution in [1.82, 2.24) is 0 Å². The van der Waals surface area contributed by atoms with Crippen molar-refractivity contribution in [2.45, 2.75) is 18.9 Å². The van der Waals surface area contributed by atoms with Gasteiger partial charge in [-0.3, -0.25) is 0 Å². The Hall–Kier alpha value is -0.770. The molecule has 1 unspecified atom stereocenters. The summed E-state index contributed by atoms with van der Waals surface area (Å²) < 4.78 is 0. The van der Waals surface area contributed by atoms with E-state index >= 15 is 0 Å². The zero-order valence-corrected chi connectivity index (χ0v) is 9.29. The van der Waals surface area contributed by atoms with Gasteiger partial charge in [0.15, 0.2) is 6.10 Å². The summed E-state index contributed by atoms with van der Waals surface area (Å²) in [6.45, 7) is 0. The molecule has 0 fully saturated rings. The molecule has 0 aliphatic rings. The average molecular weight is 249 g/mol. The van der Waals surface area contributed by atoms with E-state index in [-0.39, 0.29) is 6.42 Å². The molecule has 1 aromatic carbocycles. The highest BCUT2D eigenvalue weighted by Crippen LogP contribution is 2.23. The van der Waals surface area contributed by atoms with Crippen LogP contribution < -0.4 is 0 Å². The maximum absolute atomic E-state index is 10.3. The molecule has 3 nitrogen and oxygen atoms in total. The van der Waals surface area contributed by atoms with Crippen LogP contribution in [0.4, 0.5) is 0 Å². The van der Waals surface area contributed by atoms with Gasteiger partial charge in [-0.2, -0.15) is 0 Å². The van der Waals surface area contributed by atoms with Crippen LogP contribution in [0.3, 0.4) is 0 Å². The zero-order chi connectivity index (χ0) is 11.4. The number of hydrogen-bond acceptors (Lipinski definition) is 2. The lowest BCUT2D eigenvalue weighted by Gasteiger charge is -2.06. The van der Waals surface area contributed by atoms with Crippen molar-refractivity contribution in [1.29, 1.82) is 0 Å². The number of aliphatic carboxylic acids is 1. The predicted molar refractivity (Wildman–Crippen MR) is 58.4 cm³/mol. The lowest BCUT2D eigenvalue weighted by Crippen LogP contribution is -2.19. The van der Waals surface area contributed by atoms with Crippen LogP contribution in [0.1, 0.15) is 12.0 Å². The van der Waals surface area contributed by atoms with E-state index in [2.05, 4.69) is 0 Å². The molecule has 0 aliphatic heterocycles. The van der Waals surface area contributed by atoms with E-state index in [0.717, 1.165) is 5.56 Å². The molecule has 0 spiro atoms. The van der Waals surface area contributed by atoms with E-state index < -0.39 is 12.1 Å². The molecule has 0 amide bonds. The monoisotopic (exact) mass is 248 g/mol. The summed E-state index contributed by atoms with van der Waals surface area (Å²) in [7, 11) is 0. The average Bonchev–Trinajstić information content (AvgIpc) is 2.19. The molecule has 0 aromatic heterocycles. The van der Waals surface area contributed by atoms with E-state index in [4.69, 9.17) is 33.4 Å². The first-order valence-electron chi connectivity index (χ1n) is 4.35. The van der Waals surface area contributed by atoms with Gasteiger partial charge in [-0.05, 0) is 30.5 Å². The lowest BCUT2D eigenvalue weighted by atomic mass is 10.1. The Kier molecular flexibility index (Phi) is 4.39. The van der Waals surface area contributed by atoms with E-state index in [1.54, 1.807) is 18.2 Å². The normalized spacial score (nSPS) is 12.5. The number of aliphatic hydroxyl groups excluding tert-OH is 1. The molecule has 2 N–H and O–H groups in total. The van der Waals surface area contributed by atoms with Crippen LogP contribution >= 0.6 is 23.2 Å². The summed E-state index contributed by atoms with van der Waals surface area (Å²) in [5.74, 6) is -1.21. The molecule has 0 radical (unpaired) electrons. The van der Waals surface area contributed by atoms with Gasteiger partial charge < -0.3 is 10.2 Å². The number of carbonyl (C=O) groups is 1. The molecule has 1 aromatic rings. The number of aliphatic hydroxyl groups is 1. The fraction of sp³-hybridized carbons (Fsp3) is 0.300. The van der Waals surface area contributed by atoms with Crippen molar-refractivity contribution in [3.8, 4) is 0 Å². The van der Waals surface area contributed by atoms with Gasteiger partial charge in [0.2, 0.25) is 0 Å². The third-order valence-electron chi connectivity index (χ3n) is 1.98. The molecule has 0 heterocycles. The van der Waals surface area contributed by atoms with Gasteiger partial charge in [0, 0.05) is 0 Å². The maximum Gasteiger partial charge on any atom is 0.332 e. The van der Waals surface area contributed by atoms with Gasteiger partial charge >= 0.3 is 5.97 Å². The molecule has 0 bridgehead atoms. The van der Waals surface area contributed by atoms with Gasteiger partial charge in [0.1, 0.15) is 0 Å². The van der Waals surface area contributed by atoms with Crippen molar-refractivity contribution in [3.05, 3.63) is 33.8 Å². The number of halogens is 2. The summed E-state index contributed by atoms with van der Waals surface area (Å²) in [5, 5.41) is 18.4. The standard InChI is InChI=1S/C10H10Cl2O3/c11-7-3-1-6(5-8(7)12)2-4-9(13)10(14)15/h1,3,5,9,13H,2,4H2,(H,14,15). The SMILES string of the molecule is O=C(O)C(O)CCc1ccc(Cl)c(Cl)c1. The molecule has 1 rings (SSSR count). The number of carboxylic acids is 1. The number of aryl methyl sites for hydroxylation is 1. The minimum Gasteiger partial charge on any atom is -0.479 e. The number of rotatable bonds is 4. The molecular formula is C10H10Cl2O3. The van der Waals surface area contributed by atoms with E-state index in [1.165, 1.54) is 0 Å². The second kappa shape index (κ2) is 5.35. The molecule has 1 atom stereocenters. The summed E-state index contributed by atoms with van der Waals surface area (Å²) in [4.78, 5) is 10.3. The molecule has 0 saturated heterocycles. The molecule has 15 heavy (non-hydrogen) atoms. The largest absolute Gasteiger partial charge is 0.479 e. The Morgan fingerprint density at radius 1 is 1.33 bits per heavy atom. The van der Waals surface area contributed by atoms with Crippen molar-refractivity contribution in [2.75, 3.05) is 0 Å². The first-order chi connectivity index (χ1) is 7.00. The molecule has 5 heteroatoms. The van der Waals surface area contributed by atoms with Gasteiger partial charge in [-0.15, -0.1) is 0 Å². The summed E-state index contributed by atoms with van der Waals surface area (Å²) in [6.07, 6.45) is -0.725. The van der Waals surface area contributed by atoms with Gasteiger partial charge in [-0.25, -0.2) is 4.79 Å². The van der Waals surface area contributed by atoms with Gasteiger partial charge in [0.05, 0.1) is 10.0 Å². The fourth-order valence-corrected chi connectivity index (χ4v) is 1.44. The fourth-order valence-electron chi connectivity index (χ4n) is 1.12. The number of benzene rings is 1. The van der Waals surface area contributed by atoms with Crippen molar-refractivity contribution in [2.24, 2.45) is 0 Å². The Balaban J connectivity index is 2.58. The molecule has 82 valence electrons. The molecule has 0 aliphatic carbocycles. The van der Waals surface area contributed by atoms with Crippen LogP contribution in [0.5, 0.6) is 0 Å². The minimum absolute atomic E-state index is 0.160. The lowest BCUT2D eigenvalue weighted by molar-refractivity contribution is -0.146. The highest BCUT2D eigenvalue weighted by atomic mass is 35.5. The van der Waals surface area contributed by atoms with E-state index in [1.807, 2.05) is 0 Å². The molecule has 0 saturated carbocycles. The third-order valence-corrected chi connectivity index (χ3v) is 2.71. The predicted octanol–water partition coefficient (Wildman–Crippen LogP) is 2.37. The minimum atomic E-state index is -1.33. The highest BCUT2D eigenvalue weighted by molar-refractivity contribution is 6.42. The Morgan fingerprint density at radius 2 is 2.00 bits per heavy atom. The number of carboxylic acid groups (broad SMARTS) is 1. The topological polar surface area (TPSA) is 57.5 Å². The van der Waals surface area contributed by atoms with E-state index in [0.29, 0.717) is 16.5 Å². The zero-order valence-electron chi connectivity index (χ0n) is 7.78. The van der Waals surface area contributed by atoms with Crippen LogP contribution in [0.25, 0.3) is 0 Å². The summed E-state index contributed by atoms with van der Waals surface area (Å²) in [6, 6.07) is 5.06. The third kappa shape index (κ3) is 3.70. The quantitative estimate of drug-likeness (QED) is 0.861. The van der Waals surface area contributed by atoms with E-state index in [9.17, 15) is 4.79 Å². The van der Waals surface area contributed by atoms with Gasteiger partial charge in [-0.1, -0.05) is 29.3 Å². The maximum atomic E-state index is 10.3. The second-order valence-electron chi connectivity index (χ2n) is 3.14. The first kappa shape index (κ1) is 12.3. The number of hydrogen-bond donors (Lipinski definition) is 2. The molecular weight excluding hydrogens is 239 g/mol. The van der Waals surface area contributed by atoms with Crippen LogP contribution in [0.2, 0.25) is 10.0 Å². The first-order valence-corrected chi connectivity index (χ1v) is 5.11. The highest BCUT2D eigenvalue weighted by Gasteiger charge is 2.12. The van der Waals surface area contributed by atoms with Crippen molar-refractivity contribution in [3.63, 3.8) is 0 Å². The van der Waals surface area contributed by atoms with Crippen LogP contribution in [0.15, 0.2) is 18.2 Å². The van der Waals surface area contributed by atoms with Crippen LogP contribution in [-0.2, 0) is 11.2 Å². The van der Waals surface area contributed by atoms with Crippen LogP contribution in [0, 0.1) is 0 Å².